The smallest absolute Gasteiger partial charge is 0.176 e. The lowest BCUT2D eigenvalue weighted by Crippen LogP contribution is -2.19. The van der Waals surface area contributed by atoms with Crippen molar-refractivity contribution in [1.82, 2.24) is 20.0 Å². The first-order chi connectivity index (χ1) is 9.60. The standard InChI is InChI=1S/C14H21N5O/c1-4-5-12(20)9-15-13-6-7-14(17-16-13)19-11(3)8-10(2)18-19/h6-8,12,20H,4-5,9H2,1-3H3,(H,15,16)/t12-/m1/s1. The Kier molecular flexibility index (Phi) is 4.68. The molecular weight excluding hydrogens is 254 g/mol. The second-order valence-corrected chi connectivity index (χ2v) is 4.94. The molecule has 2 N–H and O–H groups in total. The van der Waals surface area contributed by atoms with Crippen LogP contribution in [-0.4, -0.2) is 37.7 Å². The Labute approximate surface area is 118 Å². The lowest BCUT2D eigenvalue weighted by Gasteiger charge is -2.11. The number of anilines is 1. The maximum Gasteiger partial charge on any atom is 0.176 e. The van der Waals surface area contributed by atoms with Gasteiger partial charge in [0.2, 0.25) is 0 Å². The molecule has 20 heavy (non-hydrogen) atoms. The van der Waals surface area contributed by atoms with E-state index >= 15 is 0 Å². The highest BCUT2D eigenvalue weighted by Gasteiger charge is 2.07. The summed E-state index contributed by atoms with van der Waals surface area (Å²) in [5, 5.41) is 25.4. The summed E-state index contributed by atoms with van der Waals surface area (Å²) in [5.41, 5.74) is 1.98. The van der Waals surface area contributed by atoms with Crippen LogP contribution in [0, 0.1) is 13.8 Å². The van der Waals surface area contributed by atoms with Crippen LogP contribution in [0.3, 0.4) is 0 Å². The highest BCUT2D eigenvalue weighted by Crippen LogP contribution is 2.10. The van der Waals surface area contributed by atoms with Gasteiger partial charge in [0.25, 0.3) is 0 Å². The monoisotopic (exact) mass is 275 g/mol. The molecule has 0 amide bonds. The van der Waals surface area contributed by atoms with Crippen LogP contribution in [-0.2, 0) is 0 Å². The fourth-order valence-corrected chi connectivity index (χ4v) is 2.05. The van der Waals surface area contributed by atoms with E-state index in [1.54, 1.807) is 4.68 Å². The summed E-state index contributed by atoms with van der Waals surface area (Å²) >= 11 is 0. The zero-order valence-electron chi connectivity index (χ0n) is 12.2. The molecule has 6 nitrogen and oxygen atoms in total. The van der Waals surface area contributed by atoms with Gasteiger partial charge in [0.05, 0.1) is 11.8 Å². The first-order valence-electron chi connectivity index (χ1n) is 6.89. The van der Waals surface area contributed by atoms with E-state index in [1.165, 1.54) is 0 Å². The van der Waals surface area contributed by atoms with Gasteiger partial charge in [0.1, 0.15) is 5.82 Å². The van der Waals surface area contributed by atoms with Gasteiger partial charge in [-0.25, -0.2) is 4.68 Å². The summed E-state index contributed by atoms with van der Waals surface area (Å²) in [4.78, 5) is 0. The molecule has 2 heterocycles. The van der Waals surface area contributed by atoms with Crippen molar-refractivity contribution in [2.24, 2.45) is 0 Å². The van der Waals surface area contributed by atoms with Crippen LogP contribution in [0.4, 0.5) is 5.82 Å². The minimum absolute atomic E-state index is 0.350. The second kappa shape index (κ2) is 6.47. The average molecular weight is 275 g/mol. The second-order valence-electron chi connectivity index (χ2n) is 4.94. The maximum atomic E-state index is 9.66. The number of aliphatic hydroxyl groups is 1. The van der Waals surface area contributed by atoms with E-state index in [4.69, 9.17) is 0 Å². The molecule has 0 saturated carbocycles. The van der Waals surface area contributed by atoms with Gasteiger partial charge in [-0.2, -0.15) is 5.10 Å². The van der Waals surface area contributed by atoms with Crippen molar-refractivity contribution in [3.05, 3.63) is 29.6 Å². The van der Waals surface area contributed by atoms with Gasteiger partial charge in [-0.3, -0.25) is 0 Å². The summed E-state index contributed by atoms with van der Waals surface area (Å²) in [6.07, 6.45) is 1.40. The molecule has 0 aliphatic carbocycles. The van der Waals surface area contributed by atoms with E-state index < -0.39 is 0 Å². The molecule has 0 fully saturated rings. The normalized spacial score (nSPS) is 12.4. The van der Waals surface area contributed by atoms with E-state index in [0.717, 1.165) is 24.2 Å². The summed E-state index contributed by atoms with van der Waals surface area (Å²) in [6, 6.07) is 5.70. The molecule has 0 radical (unpaired) electrons. The number of nitrogens with one attached hydrogen (secondary N) is 1. The Hall–Kier alpha value is -1.95. The van der Waals surface area contributed by atoms with E-state index in [2.05, 4.69) is 20.6 Å². The van der Waals surface area contributed by atoms with E-state index in [1.807, 2.05) is 39.0 Å². The number of hydrogen-bond donors (Lipinski definition) is 2. The van der Waals surface area contributed by atoms with Gasteiger partial charge in [-0.15, -0.1) is 10.2 Å². The maximum absolute atomic E-state index is 9.66. The predicted molar refractivity (Wildman–Crippen MR) is 78.0 cm³/mol. The van der Waals surface area contributed by atoms with Crippen molar-refractivity contribution in [3.8, 4) is 5.82 Å². The van der Waals surface area contributed by atoms with E-state index in [-0.39, 0.29) is 6.10 Å². The number of aliphatic hydroxyl groups excluding tert-OH is 1. The predicted octanol–water partition coefficient (Wildman–Crippen LogP) is 1.85. The summed E-state index contributed by atoms with van der Waals surface area (Å²) in [7, 11) is 0. The van der Waals surface area contributed by atoms with Crippen LogP contribution < -0.4 is 5.32 Å². The molecule has 2 aromatic heterocycles. The molecule has 1 atom stereocenters. The molecular formula is C14H21N5O. The largest absolute Gasteiger partial charge is 0.391 e. The Morgan fingerprint density at radius 3 is 2.65 bits per heavy atom. The van der Waals surface area contributed by atoms with Gasteiger partial charge in [0, 0.05) is 12.2 Å². The van der Waals surface area contributed by atoms with Crippen molar-refractivity contribution >= 4 is 5.82 Å². The Morgan fingerprint density at radius 1 is 1.30 bits per heavy atom. The lowest BCUT2D eigenvalue weighted by atomic mass is 10.2. The highest BCUT2D eigenvalue weighted by atomic mass is 16.3. The van der Waals surface area contributed by atoms with E-state index in [0.29, 0.717) is 18.2 Å². The van der Waals surface area contributed by atoms with Crippen molar-refractivity contribution in [2.45, 2.75) is 39.7 Å². The van der Waals surface area contributed by atoms with Crippen LogP contribution in [0.15, 0.2) is 18.2 Å². The van der Waals surface area contributed by atoms with Crippen molar-refractivity contribution < 1.29 is 5.11 Å². The first kappa shape index (κ1) is 14.5. The van der Waals surface area contributed by atoms with Crippen molar-refractivity contribution in [1.29, 1.82) is 0 Å². The number of nitrogens with zero attached hydrogens (tertiary/aromatic N) is 4. The fourth-order valence-electron chi connectivity index (χ4n) is 2.05. The van der Waals surface area contributed by atoms with Crippen molar-refractivity contribution in [2.75, 3.05) is 11.9 Å². The third-order valence-electron chi connectivity index (χ3n) is 3.02. The van der Waals surface area contributed by atoms with Crippen LogP contribution >= 0.6 is 0 Å². The zero-order valence-corrected chi connectivity index (χ0v) is 12.2. The minimum Gasteiger partial charge on any atom is -0.391 e. The Bertz CT molecular complexity index is 549. The quantitative estimate of drug-likeness (QED) is 0.841. The van der Waals surface area contributed by atoms with Gasteiger partial charge >= 0.3 is 0 Å². The third-order valence-corrected chi connectivity index (χ3v) is 3.02. The number of hydrogen-bond acceptors (Lipinski definition) is 5. The number of aromatic nitrogens is 4. The molecule has 0 aliphatic heterocycles. The third kappa shape index (κ3) is 3.54. The molecule has 0 bridgehead atoms. The van der Waals surface area contributed by atoms with Gasteiger partial charge in [-0.1, -0.05) is 13.3 Å². The van der Waals surface area contributed by atoms with Gasteiger partial charge in [-0.05, 0) is 38.5 Å². The molecule has 0 unspecified atom stereocenters. The Balaban J connectivity index is 2.01. The molecule has 0 aliphatic rings. The highest BCUT2D eigenvalue weighted by molar-refractivity contribution is 5.36. The van der Waals surface area contributed by atoms with Crippen LogP contribution in [0.5, 0.6) is 0 Å². The molecule has 108 valence electrons. The topological polar surface area (TPSA) is 75.9 Å². The van der Waals surface area contributed by atoms with Gasteiger partial charge in [0.15, 0.2) is 5.82 Å². The van der Waals surface area contributed by atoms with Crippen LogP contribution in [0.2, 0.25) is 0 Å². The lowest BCUT2D eigenvalue weighted by molar-refractivity contribution is 0.176. The molecule has 0 spiro atoms. The molecule has 0 saturated heterocycles. The first-order valence-corrected chi connectivity index (χ1v) is 6.89. The summed E-state index contributed by atoms with van der Waals surface area (Å²) < 4.78 is 1.76. The number of rotatable bonds is 6. The van der Waals surface area contributed by atoms with Crippen LogP contribution in [0.1, 0.15) is 31.2 Å². The van der Waals surface area contributed by atoms with Gasteiger partial charge < -0.3 is 10.4 Å². The molecule has 2 rings (SSSR count). The zero-order chi connectivity index (χ0) is 14.5. The van der Waals surface area contributed by atoms with Crippen LogP contribution in [0.25, 0.3) is 5.82 Å². The van der Waals surface area contributed by atoms with Crippen molar-refractivity contribution in [3.63, 3.8) is 0 Å². The molecule has 2 aromatic rings. The average Bonchev–Trinajstić information content (AvgIpc) is 2.76. The van der Waals surface area contributed by atoms with E-state index in [9.17, 15) is 5.11 Å². The summed E-state index contributed by atoms with van der Waals surface area (Å²) in [5.74, 6) is 1.35. The Morgan fingerprint density at radius 2 is 2.10 bits per heavy atom. The number of aryl methyl sites for hydroxylation is 2. The molecule has 6 heteroatoms. The molecule has 0 aromatic carbocycles. The fraction of sp³-hybridized carbons (Fsp3) is 0.500. The minimum atomic E-state index is -0.350. The SMILES string of the molecule is CCC[C@@H](O)CNc1ccc(-n2nc(C)cc2C)nn1. The summed E-state index contributed by atoms with van der Waals surface area (Å²) in [6.45, 7) is 6.46.